The Bertz CT molecular complexity index is 1380. The highest BCUT2D eigenvalue weighted by Gasteiger charge is 2.17. The Balaban J connectivity index is 1.72. The molecule has 0 bridgehead atoms. The number of nitrogens with one attached hydrogen (secondary N) is 2. The summed E-state index contributed by atoms with van der Waals surface area (Å²) in [6, 6.07) is 20.9. The molecular formula is C28H30N4O3S. The van der Waals surface area contributed by atoms with Gasteiger partial charge in [-0.3, -0.25) is 9.52 Å². The van der Waals surface area contributed by atoms with Gasteiger partial charge in [0, 0.05) is 24.5 Å². The molecule has 1 amide bonds. The van der Waals surface area contributed by atoms with Crippen LogP contribution in [0.15, 0.2) is 77.2 Å². The van der Waals surface area contributed by atoms with Crippen molar-refractivity contribution in [3.63, 3.8) is 0 Å². The van der Waals surface area contributed by atoms with Gasteiger partial charge in [0.2, 0.25) is 0 Å². The molecule has 36 heavy (non-hydrogen) atoms. The predicted octanol–water partition coefficient (Wildman–Crippen LogP) is 5.50. The molecule has 0 aliphatic heterocycles. The first-order valence-corrected chi connectivity index (χ1v) is 13.1. The van der Waals surface area contributed by atoms with Crippen LogP contribution in [0, 0.1) is 25.2 Å². The average Bonchev–Trinajstić information content (AvgIpc) is 2.86. The van der Waals surface area contributed by atoms with Crippen LogP contribution in [0.1, 0.15) is 30.5 Å². The molecule has 0 aliphatic rings. The molecule has 0 aromatic heterocycles. The molecule has 3 aromatic carbocycles. The number of hydrogen-bond donors (Lipinski definition) is 2. The van der Waals surface area contributed by atoms with E-state index in [1.807, 2.05) is 62.4 Å². The van der Waals surface area contributed by atoms with Crippen LogP contribution in [-0.2, 0) is 14.8 Å². The minimum atomic E-state index is -3.81. The van der Waals surface area contributed by atoms with Crippen LogP contribution >= 0.6 is 0 Å². The van der Waals surface area contributed by atoms with E-state index < -0.39 is 15.9 Å². The first-order chi connectivity index (χ1) is 17.2. The third kappa shape index (κ3) is 6.32. The minimum absolute atomic E-state index is 0.0565. The van der Waals surface area contributed by atoms with E-state index in [0.717, 1.165) is 35.5 Å². The van der Waals surface area contributed by atoms with Gasteiger partial charge in [0.1, 0.15) is 11.6 Å². The number of para-hydroxylation sites is 1. The molecule has 0 aliphatic carbocycles. The average molecular weight is 503 g/mol. The molecule has 186 valence electrons. The summed E-state index contributed by atoms with van der Waals surface area (Å²) in [6.45, 7) is 9.61. The van der Waals surface area contributed by atoms with Crippen LogP contribution in [0.25, 0.3) is 6.08 Å². The fraction of sp³-hybridized carbons (Fsp3) is 0.214. The van der Waals surface area contributed by atoms with Crippen LogP contribution in [0.2, 0.25) is 0 Å². The van der Waals surface area contributed by atoms with Gasteiger partial charge in [-0.1, -0.05) is 30.3 Å². The number of nitrogens with zero attached hydrogens (tertiary/aromatic N) is 2. The topological polar surface area (TPSA) is 102 Å². The number of sulfonamides is 1. The first-order valence-electron chi connectivity index (χ1n) is 11.7. The Hall–Kier alpha value is -4.09. The van der Waals surface area contributed by atoms with Gasteiger partial charge in [-0.05, 0) is 86.9 Å². The van der Waals surface area contributed by atoms with Crippen molar-refractivity contribution in [1.82, 2.24) is 0 Å². The molecule has 8 heteroatoms. The fourth-order valence-electron chi connectivity index (χ4n) is 3.77. The largest absolute Gasteiger partial charge is 0.372 e. The number of benzene rings is 3. The Kier molecular flexibility index (Phi) is 8.51. The molecule has 0 saturated carbocycles. The molecule has 0 atom stereocenters. The molecule has 3 aromatic rings. The van der Waals surface area contributed by atoms with Gasteiger partial charge in [0.25, 0.3) is 15.9 Å². The highest BCUT2D eigenvalue weighted by atomic mass is 32.2. The predicted molar refractivity (Wildman–Crippen MR) is 145 cm³/mol. The van der Waals surface area contributed by atoms with E-state index in [2.05, 4.69) is 28.8 Å². The Labute approximate surface area is 213 Å². The van der Waals surface area contributed by atoms with Gasteiger partial charge in [0.05, 0.1) is 10.6 Å². The Morgan fingerprint density at radius 3 is 2.06 bits per heavy atom. The molecule has 0 heterocycles. The van der Waals surface area contributed by atoms with Crippen molar-refractivity contribution in [2.45, 2.75) is 32.6 Å². The summed E-state index contributed by atoms with van der Waals surface area (Å²) >= 11 is 0. The standard InChI is InChI=1S/C28H30N4O3S/c1-5-32(6-2)25-14-10-22(11-15-25)18-23(19-29)28(33)30-24-12-16-26(17-13-24)36(34,35)31-27-20(3)8-7-9-21(27)4/h7-18,31H,5-6H2,1-4H3,(H,30,33)/b23-18+. The number of carbonyl (C=O) groups is 1. The van der Waals surface area contributed by atoms with E-state index in [1.165, 1.54) is 30.3 Å². The van der Waals surface area contributed by atoms with Crippen molar-refractivity contribution in [3.05, 3.63) is 89.0 Å². The zero-order chi connectivity index (χ0) is 26.3. The molecular weight excluding hydrogens is 472 g/mol. The summed E-state index contributed by atoms with van der Waals surface area (Å²) in [7, 11) is -3.81. The van der Waals surface area contributed by atoms with Crippen molar-refractivity contribution in [1.29, 1.82) is 5.26 Å². The summed E-state index contributed by atoms with van der Waals surface area (Å²) in [5.41, 5.74) is 4.31. The molecule has 0 fully saturated rings. The second-order valence-corrected chi connectivity index (χ2v) is 9.97. The van der Waals surface area contributed by atoms with Gasteiger partial charge in [0.15, 0.2) is 0 Å². The maximum absolute atomic E-state index is 12.8. The van der Waals surface area contributed by atoms with Crippen LogP contribution in [0.4, 0.5) is 17.1 Å². The Morgan fingerprint density at radius 1 is 0.944 bits per heavy atom. The van der Waals surface area contributed by atoms with Crippen molar-refractivity contribution >= 4 is 39.1 Å². The van der Waals surface area contributed by atoms with E-state index in [-0.39, 0.29) is 10.5 Å². The lowest BCUT2D eigenvalue weighted by atomic mass is 10.1. The maximum atomic E-state index is 12.8. The summed E-state index contributed by atoms with van der Waals surface area (Å²) in [6.07, 6.45) is 1.52. The number of nitriles is 1. The van der Waals surface area contributed by atoms with Gasteiger partial charge in [-0.15, -0.1) is 0 Å². The second kappa shape index (κ2) is 11.6. The molecule has 0 radical (unpaired) electrons. The SMILES string of the molecule is CCN(CC)c1ccc(/C=C(\C#N)C(=O)Nc2ccc(S(=O)(=O)Nc3c(C)cccc3C)cc2)cc1. The third-order valence-electron chi connectivity index (χ3n) is 5.84. The van der Waals surface area contributed by atoms with E-state index in [1.54, 1.807) is 0 Å². The monoisotopic (exact) mass is 502 g/mol. The lowest BCUT2D eigenvalue weighted by Crippen LogP contribution is -2.21. The summed E-state index contributed by atoms with van der Waals surface area (Å²) in [5.74, 6) is -0.574. The van der Waals surface area contributed by atoms with Crippen molar-refractivity contribution in [2.24, 2.45) is 0 Å². The zero-order valence-electron chi connectivity index (χ0n) is 20.9. The molecule has 3 rings (SSSR count). The zero-order valence-corrected chi connectivity index (χ0v) is 21.7. The van der Waals surface area contributed by atoms with E-state index in [0.29, 0.717) is 11.4 Å². The number of amides is 1. The summed E-state index contributed by atoms with van der Waals surface area (Å²) in [5, 5.41) is 12.2. The molecule has 2 N–H and O–H groups in total. The smallest absolute Gasteiger partial charge is 0.266 e. The molecule has 0 spiro atoms. The van der Waals surface area contributed by atoms with Gasteiger partial charge >= 0.3 is 0 Å². The van der Waals surface area contributed by atoms with Crippen molar-refractivity contribution in [3.8, 4) is 6.07 Å². The highest BCUT2D eigenvalue weighted by Crippen LogP contribution is 2.24. The number of anilines is 3. The number of rotatable bonds is 9. The van der Waals surface area contributed by atoms with Crippen LogP contribution in [-0.4, -0.2) is 27.4 Å². The lowest BCUT2D eigenvalue weighted by molar-refractivity contribution is -0.112. The quantitative estimate of drug-likeness (QED) is 0.297. The highest BCUT2D eigenvalue weighted by molar-refractivity contribution is 7.92. The number of hydrogen-bond acceptors (Lipinski definition) is 5. The fourth-order valence-corrected chi connectivity index (χ4v) is 4.97. The van der Waals surface area contributed by atoms with Gasteiger partial charge in [-0.25, -0.2) is 8.42 Å². The summed E-state index contributed by atoms with van der Waals surface area (Å²) < 4.78 is 28.3. The second-order valence-electron chi connectivity index (χ2n) is 8.28. The maximum Gasteiger partial charge on any atom is 0.266 e. The number of aryl methyl sites for hydroxylation is 2. The van der Waals surface area contributed by atoms with E-state index >= 15 is 0 Å². The molecule has 0 unspecified atom stereocenters. The number of carbonyl (C=O) groups excluding carboxylic acids is 1. The normalized spacial score (nSPS) is 11.5. The molecule has 7 nitrogen and oxygen atoms in total. The lowest BCUT2D eigenvalue weighted by Gasteiger charge is -2.20. The minimum Gasteiger partial charge on any atom is -0.372 e. The van der Waals surface area contributed by atoms with Crippen molar-refractivity contribution < 1.29 is 13.2 Å². The molecule has 0 saturated heterocycles. The van der Waals surface area contributed by atoms with Crippen LogP contribution in [0.3, 0.4) is 0 Å². The third-order valence-corrected chi connectivity index (χ3v) is 7.20. The van der Waals surface area contributed by atoms with Gasteiger partial charge < -0.3 is 10.2 Å². The van der Waals surface area contributed by atoms with E-state index in [4.69, 9.17) is 0 Å². The first kappa shape index (κ1) is 26.5. The summed E-state index contributed by atoms with van der Waals surface area (Å²) in [4.78, 5) is 14.9. The van der Waals surface area contributed by atoms with Crippen LogP contribution < -0.4 is 14.9 Å². The van der Waals surface area contributed by atoms with Crippen LogP contribution in [0.5, 0.6) is 0 Å². The van der Waals surface area contributed by atoms with Gasteiger partial charge in [-0.2, -0.15) is 5.26 Å². The van der Waals surface area contributed by atoms with E-state index in [9.17, 15) is 18.5 Å². The van der Waals surface area contributed by atoms with Crippen molar-refractivity contribution in [2.75, 3.05) is 28.0 Å². The Morgan fingerprint density at radius 2 is 1.53 bits per heavy atom.